The summed E-state index contributed by atoms with van der Waals surface area (Å²) >= 11 is 0. The van der Waals surface area contributed by atoms with Gasteiger partial charge >= 0.3 is 0 Å². The second-order valence-corrected chi connectivity index (χ2v) is 5.02. The Bertz CT molecular complexity index is 383. The van der Waals surface area contributed by atoms with E-state index in [1.54, 1.807) is 0 Å². The van der Waals surface area contributed by atoms with Gasteiger partial charge in [-0.25, -0.2) is 0 Å². The molecule has 18 heavy (non-hydrogen) atoms. The maximum Gasteiger partial charge on any atom is 0.161 e. The average molecular weight is 250 g/mol. The van der Waals surface area contributed by atoms with Gasteiger partial charge in [0.2, 0.25) is 0 Å². The molecule has 3 nitrogen and oxygen atoms in total. The third kappa shape index (κ3) is 2.96. The van der Waals surface area contributed by atoms with E-state index in [0.717, 1.165) is 30.8 Å². The lowest BCUT2D eigenvalue weighted by Crippen LogP contribution is -2.20. The van der Waals surface area contributed by atoms with Crippen molar-refractivity contribution in [2.75, 3.05) is 13.2 Å². The number of aliphatic hydroxyl groups excluding tert-OH is 1. The Kier molecular flexibility index (Phi) is 4.12. The zero-order valence-electron chi connectivity index (χ0n) is 11.2. The third-order valence-corrected chi connectivity index (χ3v) is 3.78. The summed E-state index contributed by atoms with van der Waals surface area (Å²) in [5, 5.41) is 9.70. The number of ether oxygens (including phenoxy) is 2. The fraction of sp³-hybridized carbons (Fsp3) is 0.600. The van der Waals surface area contributed by atoms with Crippen LogP contribution in [0.25, 0.3) is 0 Å². The molecule has 0 amide bonds. The van der Waals surface area contributed by atoms with Gasteiger partial charge in [-0.05, 0) is 50.7 Å². The first-order valence-electron chi connectivity index (χ1n) is 6.70. The van der Waals surface area contributed by atoms with E-state index in [-0.39, 0.29) is 11.5 Å². The molecule has 0 spiro atoms. The summed E-state index contributed by atoms with van der Waals surface area (Å²) in [7, 11) is 0. The van der Waals surface area contributed by atoms with Crippen molar-refractivity contribution < 1.29 is 14.6 Å². The van der Waals surface area contributed by atoms with E-state index in [1.165, 1.54) is 0 Å². The Labute approximate surface area is 109 Å². The molecule has 2 rings (SSSR count). The molecule has 1 aromatic rings. The predicted octanol–water partition coefficient (Wildman–Crippen LogP) is 3.02. The zero-order valence-corrected chi connectivity index (χ0v) is 11.2. The van der Waals surface area contributed by atoms with Gasteiger partial charge in [0.1, 0.15) is 0 Å². The summed E-state index contributed by atoms with van der Waals surface area (Å²) in [6.45, 7) is 5.11. The van der Waals surface area contributed by atoms with E-state index in [1.807, 2.05) is 38.1 Å². The average Bonchev–Trinajstić information content (AvgIpc) is 3.13. The predicted molar refractivity (Wildman–Crippen MR) is 71.1 cm³/mol. The molecule has 1 atom stereocenters. The molecule has 0 radical (unpaired) electrons. The van der Waals surface area contributed by atoms with Crippen LogP contribution in [-0.2, 0) is 0 Å². The summed E-state index contributed by atoms with van der Waals surface area (Å²) in [6.07, 6.45) is 2.90. The highest BCUT2D eigenvalue weighted by molar-refractivity contribution is 5.39. The summed E-state index contributed by atoms with van der Waals surface area (Å²) in [5.74, 6) is 1.59. The number of benzene rings is 1. The lowest BCUT2D eigenvalue weighted by atomic mass is 9.97. The van der Waals surface area contributed by atoms with Gasteiger partial charge in [-0.3, -0.25) is 0 Å². The fourth-order valence-corrected chi connectivity index (χ4v) is 2.25. The fourth-order valence-electron chi connectivity index (χ4n) is 2.25. The Morgan fingerprint density at radius 3 is 2.33 bits per heavy atom. The van der Waals surface area contributed by atoms with E-state index in [2.05, 4.69) is 0 Å². The molecule has 1 saturated carbocycles. The van der Waals surface area contributed by atoms with Crippen molar-refractivity contribution in [2.45, 2.75) is 39.2 Å². The van der Waals surface area contributed by atoms with Gasteiger partial charge in [0, 0.05) is 0 Å². The second kappa shape index (κ2) is 5.61. The van der Waals surface area contributed by atoms with E-state index in [4.69, 9.17) is 9.47 Å². The van der Waals surface area contributed by atoms with Crippen LogP contribution in [0.5, 0.6) is 11.5 Å². The van der Waals surface area contributed by atoms with E-state index < -0.39 is 0 Å². The highest BCUT2D eigenvalue weighted by Crippen LogP contribution is 2.51. The molecule has 1 aromatic carbocycles. The molecule has 0 bridgehead atoms. The smallest absolute Gasteiger partial charge is 0.161 e. The van der Waals surface area contributed by atoms with Crippen LogP contribution in [0.2, 0.25) is 0 Å². The van der Waals surface area contributed by atoms with E-state index in [9.17, 15) is 5.11 Å². The molecular weight excluding hydrogens is 228 g/mol. The van der Waals surface area contributed by atoms with Gasteiger partial charge in [0.25, 0.3) is 0 Å². The Balaban J connectivity index is 1.87. The molecule has 0 saturated heterocycles. The molecule has 1 fully saturated rings. The van der Waals surface area contributed by atoms with Gasteiger partial charge in [0.05, 0.1) is 19.3 Å². The van der Waals surface area contributed by atoms with Crippen LogP contribution >= 0.6 is 0 Å². The van der Waals surface area contributed by atoms with Gasteiger partial charge in [-0.2, -0.15) is 0 Å². The Morgan fingerprint density at radius 2 is 1.83 bits per heavy atom. The first-order valence-corrected chi connectivity index (χ1v) is 6.70. The molecule has 0 aromatic heterocycles. The first-order chi connectivity index (χ1) is 8.68. The number of aliphatic hydroxyl groups is 1. The van der Waals surface area contributed by atoms with Crippen molar-refractivity contribution in [1.29, 1.82) is 0 Å². The standard InChI is InChI=1S/C15H22O3/c1-3-17-13-6-4-5-7-14(13)18-11-10-15(8-9-15)12(2)16/h4-7,12,16H,3,8-11H2,1-2H3. The highest BCUT2D eigenvalue weighted by atomic mass is 16.5. The molecule has 1 aliphatic carbocycles. The van der Waals surface area contributed by atoms with Crippen LogP contribution in [0.1, 0.15) is 33.1 Å². The first kappa shape index (κ1) is 13.2. The normalized spacial score (nSPS) is 18.2. The molecule has 1 unspecified atom stereocenters. The minimum Gasteiger partial charge on any atom is -0.490 e. The Hall–Kier alpha value is -1.22. The second-order valence-electron chi connectivity index (χ2n) is 5.02. The van der Waals surface area contributed by atoms with E-state index in [0.29, 0.717) is 13.2 Å². The molecule has 100 valence electrons. The van der Waals surface area contributed by atoms with Crippen molar-refractivity contribution in [1.82, 2.24) is 0 Å². The van der Waals surface area contributed by atoms with Crippen LogP contribution in [0.4, 0.5) is 0 Å². The van der Waals surface area contributed by atoms with Crippen molar-refractivity contribution in [3.05, 3.63) is 24.3 Å². The van der Waals surface area contributed by atoms with Gasteiger partial charge in [-0.1, -0.05) is 12.1 Å². The van der Waals surface area contributed by atoms with Crippen LogP contribution in [0, 0.1) is 5.41 Å². The van der Waals surface area contributed by atoms with Crippen molar-refractivity contribution in [3.63, 3.8) is 0 Å². The lowest BCUT2D eigenvalue weighted by Gasteiger charge is -2.19. The summed E-state index contributed by atoms with van der Waals surface area (Å²) in [6, 6.07) is 7.72. The summed E-state index contributed by atoms with van der Waals surface area (Å²) in [5.41, 5.74) is 0.112. The van der Waals surface area contributed by atoms with Gasteiger partial charge < -0.3 is 14.6 Å². The number of hydrogen-bond acceptors (Lipinski definition) is 3. The van der Waals surface area contributed by atoms with Crippen molar-refractivity contribution >= 4 is 0 Å². The van der Waals surface area contributed by atoms with Crippen molar-refractivity contribution in [2.24, 2.45) is 5.41 Å². The zero-order chi connectivity index (χ0) is 13.0. The minimum atomic E-state index is -0.233. The summed E-state index contributed by atoms with van der Waals surface area (Å²) < 4.78 is 11.3. The van der Waals surface area contributed by atoms with Gasteiger partial charge in [0.15, 0.2) is 11.5 Å². The molecular formula is C15H22O3. The quantitative estimate of drug-likeness (QED) is 0.808. The van der Waals surface area contributed by atoms with Crippen molar-refractivity contribution in [3.8, 4) is 11.5 Å². The van der Waals surface area contributed by atoms with E-state index >= 15 is 0 Å². The van der Waals surface area contributed by atoms with Crippen LogP contribution < -0.4 is 9.47 Å². The highest BCUT2D eigenvalue weighted by Gasteiger charge is 2.46. The number of para-hydroxylation sites is 2. The van der Waals surface area contributed by atoms with Crippen LogP contribution in [-0.4, -0.2) is 24.4 Å². The third-order valence-electron chi connectivity index (χ3n) is 3.78. The summed E-state index contributed by atoms with van der Waals surface area (Å²) in [4.78, 5) is 0. The molecule has 1 aliphatic rings. The maximum absolute atomic E-state index is 9.70. The minimum absolute atomic E-state index is 0.112. The topological polar surface area (TPSA) is 38.7 Å². The Morgan fingerprint density at radius 1 is 1.22 bits per heavy atom. The lowest BCUT2D eigenvalue weighted by molar-refractivity contribution is 0.0920. The molecule has 0 heterocycles. The molecule has 0 aliphatic heterocycles. The SMILES string of the molecule is CCOc1ccccc1OCCC1(C(C)O)CC1. The number of rotatable bonds is 7. The van der Waals surface area contributed by atoms with Crippen LogP contribution in [0.15, 0.2) is 24.3 Å². The largest absolute Gasteiger partial charge is 0.490 e. The van der Waals surface area contributed by atoms with Gasteiger partial charge in [-0.15, -0.1) is 0 Å². The van der Waals surface area contributed by atoms with Crippen LogP contribution in [0.3, 0.4) is 0 Å². The maximum atomic E-state index is 9.70. The molecule has 1 N–H and O–H groups in total. The number of hydrogen-bond donors (Lipinski definition) is 1. The monoisotopic (exact) mass is 250 g/mol. The molecule has 3 heteroatoms.